The van der Waals surface area contributed by atoms with Crippen molar-refractivity contribution < 1.29 is 27.2 Å². The van der Waals surface area contributed by atoms with Gasteiger partial charge in [0.1, 0.15) is 22.8 Å². The van der Waals surface area contributed by atoms with Gasteiger partial charge in [-0.3, -0.25) is 9.59 Å². The predicted octanol–water partition coefficient (Wildman–Crippen LogP) is 9.72. The van der Waals surface area contributed by atoms with Gasteiger partial charge in [0.25, 0.3) is 0 Å². The van der Waals surface area contributed by atoms with Gasteiger partial charge in [-0.2, -0.15) is 0 Å². The molecule has 4 aromatic carbocycles. The van der Waals surface area contributed by atoms with Crippen LogP contribution in [0.5, 0.6) is 0 Å². The van der Waals surface area contributed by atoms with Gasteiger partial charge in [0.2, 0.25) is 11.8 Å². The lowest BCUT2D eigenvalue weighted by Crippen LogP contribution is -2.35. The maximum atomic E-state index is 13.4. The summed E-state index contributed by atoms with van der Waals surface area (Å²) in [5.74, 6) is -0.884. The summed E-state index contributed by atoms with van der Waals surface area (Å²) in [7, 11) is 3.44. The van der Waals surface area contributed by atoms with Crippen molar-refractivity contribution in [1.82, 2.24) is 9.80 Å². The second kappa shape index (κ2) is 17.6. The molecule has 0 N–H and O–H groups in total. The van der Waals surface area contributed by atoms with Crippen LogP contribution in [0.25, 0.3) is 44.2 Å². The molecule has 56 heavy (non-hydrogen) atoms. The summed E-state index contributed by atoms with van der Waals surface area (Å²) in [5, 5.41) is 1.85. The Kier molecular flexibility index (Phi) is 12.7. The third-order valence-electron chi connectivity index (χ3n) is 9.80. The molecule has 8 nitrogen and oxygen atoms in total. The highest BCUT2D eigenvalue weighted by Gasteiger charge is 2.19. The maximum Gasteiger partial charge on any atom is 0.336 e. The van der Waals surface area contributed by atoms with E-state index >= 15 is 0 Å². The van der Waals surface area contributed by atoms with Crippen molar-refractivity contribution in [3.05, 3.63) is 139 Å². The summed E-state index contributed by atoms with van der Waals surface area (Å²) in [6.07, 6.45) is 4.87. The highest BCUT2D eigenvalue weighted by molar-refractivity contribution is 6.34. The molecule has 2 aromatic heterocycles. The first kappa shape index (κ1) is 40.3. The molecule has 1 atom stereocenters. The monoisotopic (exact) mass is 800 g/mol. The molecule has 1 aliphatic rings. The Bertz CT molecular complexity index is 2540. The van der Waals surface area contributed by atoms with E-state index in [-0.39, 0.29) is 27.8 Å². The van der Waals surface area contributed by atoms with E-state index < -0.39 is 22.9 Å². The van der Waals surface area contributed by atoms with Crippen molar-refractivity contribution in [3.8, 4) is 22.3 Å². The van der Waals surface area contributed by atoms with E-state index in [9.17, 15) is 28.0 Å². The minimum Gasteiger partial charge on any atom is -0.423 e. The second-order valence-corrected chi connectivity index (χ2v) is 15.0. The number of piperidine rings is 1. The fourth-order valence-electron chi connectivity index (χ4n) is 6.99. The molecular weight excluding hydrogens is 761 g/mol. The summed E-state index contributed by atoms with van der Waals surface area (Å²) < 4.78 is 37.5. The lowest BCUT2D eigenvalue weighted by atomic mass is 9.96. The van der Waals surface area contributed by atoms with Crippen LogP contribution in [-0.2, 0) is 22.4 Å². The van der Waals surface area contributed by atoms with Crippen LogP contribution in [0.4, 0.5) is 8.78 Å². The number of nitrogens with zero attached hydrogens (tertiary/aromatic N) is 2. The number of aryl methyl sites for hydroxylation is 1. The van der Waals surface area contributed by atoms with E-state index in [0.29, 0.717) is 63.5 Å². The molecule has 2 amide bonds. The summed E-state index contributed by atoms with van der Waals surface area (Å²) >= 11 is 12.4. The Balaban J connectivity index is 0.000000190. The van der Waals surface area contributed by atoms with Gasteiger partial charge >= 0.3 is 11.3 Å². The van der Waals surface area contributed by atoms with E-state index in [2.05, 4.69) is 0 Å². The Morgan fingerprint density at radius 2 is 1.20 bits per heavy atom. The molecule has 0 bridgehead atoms. The van der Waals surface area contributed by atoms with E-state index in [1.807, 2.05) is 36.1 Å². The molecule has 7 rings (SSSR count). The summed E-state index contributed by atoms with van der Waals surface area (Å²) in [4.78, 5) is 52.1. The van der Waals surface area contributed by atoms with Crippen molar-refractivity contribution in [2.75, 3.05) is 27.2 Å². The van der Waals surface area contributed by atoms with Gasteiger partial charge in [0.15, 0.2) is 0 Å². The molecule has 6 aromatic rings. The topological polar surface area (TPSA) is 101 Å². The highest BCUT2D eigenvalue weighted by Crippen LogP contribution is 2.35. The van der Waals surface area contributed by atoms with E-state index in [1.54, 1.807) is 37.2 Å². The number of amides is 2. The molecule has 1 unspecified atom stereocenters. The zero-order valence-corrected chi connectivity index (χ0v) is 32.7. The molecule has 290 valence electrons. The average Bonchev–Trinajstić information content (AvgIpc) is 3.16. The van der Waals surface area contributed by atoms with Crippen LogP contribution >= 0.6 is 23.2 Å². The molecule has 12 heteroatoms. The van der Waals surface area contributed by atoms with Crippen LogP contribution < -0.4 is 11.3 Å². The first-order valence-corrected chi connectivity index (χ1v) is 19.1. The number of benzene rings is 4. The van der Waals surface area contributed by atoms with Crippen molar-refractivity contribution in [2.45, 2.75) is 45.4 Å². The number of carbonyl (C=O) groups is 2. The van der Waals surface area contributed by atoms with Gasteiger partial charge < -0.3 is 18.6 Å². The Morgan fingerprint density at radius 1 is 0.696 bits per heavy atom. The quantitative estimate of drug-likeness (QED) is 0.142. The lowest BCUT2D eigenvalue weighted by Gasteiger charge is -2.26. The SMILES string of the molecule is CC(Cc1ccc2c(-c3ccc(F)cc3Cl)cc(=O)oc2c1)C(=O)N(C)C.O=C(CCc1ccc2c(-c3ccc(F)cc3Cl)cc(=O)oc2c1)N1CCCCC1. The molecule has 1 fully saturated rings. The first-order chi connectivity index (χ1) is 26.8. The van der Waals surface area contributed by atoms with Gasteiger partial charge in [-0.15, -0.1) is 0 Å². The summed E-state index contributed by atoms with van der Waals surface area (Å²) in [6.45, 7) is 3.54. The van der Waals surface area contributed by atoms with Crippen molar-refractivity contribution in [2.24, 2.45) is 5.92 Å². The van der Waals surface area contributed by atoms with E-state index in [0.717, 1.165) is 37.1 Å². The van der Waals surface area contributed by atoms with Gasteiger partial charge in [-0.05, 0) is 91.8 Å². The molecule has 0 aliphatic carbocycles. The predicted molar refractivity (Wildman–Crippen MR) is 216 cm³/mol. The first-order valence-electron chi connectivity index (χ1n) is 18.3. The number of carbonyl (C=O) groups excluding carboxylic acids is 2. The minimum atomic E-state index is -0.521. The maximum absolute atomic E-state index is 13.4. The van der Waals surface area contributed by atoms with Gasteiger partial charge in [-0.1, -0.05) is 54.4 Å². The zero-order chi connectivity index (χ0) is 40.1. The number of fused-ring (bicyclic) bond motifs is 2. The molecule has 0 radical (unpaired) electrons. The normalized spacial score (nSPS) is 13.3. The van der Waals surface area contributed by atoms with Crippen molar-refractivity contribution in [3.63, 3.8) is 0 Å². The van der Waals surface area contributed by atoms with Gasteiger partial charge in [0.05, 0.1) is 10.0 Å². The number of halogens is 4. The lowest BCUT2D eigenvalue weighted by molar-refractivity contribution is -0.132. The van der Waals surface area contributed by atoms with E-state index in [1.165, 1.54) is 48.9 Å². The summed E-state index contributed by atoms with van der Waals surface area (Å²) in [6, 6.07) is 21.9. The van der Waals surface area contributed by atoms with Crippen LogP contribution in [0.2, 0.25) is 10.0 Å². The van der Waals surface area contributed by atoms with Crippen LogP contribution in [0.15, 0.2) is 103 Å². The molecule has 1 saturated heterocycles. The van der Waals surface area contributed by atoms with Crippen molar-refractivity contribution >= 4 is 57.0 Å². The third-order valence-corrected chi connectivity index (χ3v) is 10.4. The summed E-state index contributed by atoms with van der Waals surface area (Å²) in [5.41, 5.74) is 3.91. The Hall–Kier alpha value is -5.32. The minimum absolute atomic E-state index is 0.0309. The standard InChI is InChI=1S/C23H21ClFNO3.C21H19ClFNO3/c24-20-13-16(25)6-8-17(20)19-14-23(28)29-21-12-15(4-7-18(19)21)5-9-22(27)26-10-2-1-3-11-26;1-12(21(26)24(2)3)8-13-4-6-16-17(11-20(25)27-19(16)9-13)15-7-5-14(23)10-18(15)22/h4,6-8,12-14H,1-3,5,9-11H2;4-7,9-12H,8H2,1-3H3. The van der Waals surface area contributed by atoms with Crippen molar-refractivity contribution in [1.29, 1.82) is 0 Å². The van der Waals surface area contributed by atoms with Gasteiger partial charge in [0, 0.05) is 84.7 Å². The smallest absolute Gasteiger partial charge is 0.336 e. The van der Waals surface area contributed by atoms with E-state index in [4.69, 9.17) is 32.0 Å². The third kappa shape index (κ3) is 9.54. The Labute approximate surface area is 332 Å². The van der Waals surface area contributed by atoms with Crippen LogP contribution in [0.1, 0.15) is 43.7 Å². The fourth-order valence-corrected chi connectivity index (χ4v) is 7.53. The fraction of sp³-hybridized carbons (Fsp3) is 0.273. The number of hydrogen-bond donors (Lipinski definition) is 0. The largest absolute Gasteiger partial charge is 0.423 e. The number of hydrogen-bond acceptors (Lipinski definition) is 6. The van der Waals surface area contributed by atoms with Crippen LogP contribution in [-0.4, -0.2) is 48.8 Å². The Morgan fingerprint density at radius 3 is 1.70 bits per heavy atom. The second-order valence-electron chi connectivity index (χ2n) is 14.1. The zero-order valence-electron chi connectivity index (χ0n) is 31.2. The molecule has 3 heterocycles. The molecular formula is C44H40Cl2F2N2O6. The van der Waals surface area contributed by atoms with Gasteiger partial charge in [-0.25, -0.2) is 18.4 Å². The number of likely N-dealkylation sites (tertiary alicyclic amines) is 1. The highest BCUT2D eigenvalue weighted by atomic mass is 35.5. The average molecular weight is 802 g/mol. The van der Waals surface area contributed by atoms with Crippen LogP contribution in [0, 0.1) is 17.6 Å². The van der Waals surface area contributed by atoms with Crippen LogP contribution in [0.3, 0.4) is 0 Å². The number of rotatable bonds is 8. The molecule has 1 aliphatic heterocycles. The molecule has 0 saturated carbocycles. The molecule has 0 spiro atoms.